The second-order valence-electron chi connectivity index (χ2n) is 3.96. The molecule has 0 saturated heterocycles. The summed E-state index contributed by atoms with van der Waals surface area (Å²) in [5.41, 5.74) is 0.776. The first-order chi connectivity index (χ1) is 9.05. The summed E-state index contributed by atoms with van der Waals surface area (Å²) in [5, 5.41) is 6.74. The van der Waals surface area contributed by atoms with Crippen LogP contribution in [0.15, 0.2) is 41.6 Å². The molecule has 0 fully saturated rings. The number of halogens is 1. The van der Waals surface area contributed by atoms with Crippen LogP contribution in [0.25, 0.3) is 0 Å². The first kappa shape index (κ1) is 14.0. The second kappa shape index (κ2) is 5.73. The van der Waals surface area contributed by atoms with Crippen molar-refractivity contribution in [3.05, 3.63) is 47.2 Å². The summed E-state index contributed by atoms with van der Waals surface area (Å²) in [4.78, 5) is 0.154. The summed E-state index contributed by atoms with van der Waals surface area (Å²) < 4.78 is 26.1. The van der Waals surface area contributed by atoms with Crippen LogP contribution in [-0.2, 0) is 16.6 Å². The number of nitrogens with zero attached hydrogens (tertiary/aromatic N) is 2. The van der Waals surface area contributed by atoms with Gasteiger partial charge < -0.3 is 0 Å². The smallest absolute Gasteiger partial charge is 0.246 e. The third-order valence-electron chi connectivity index (χ3n) is 2.77. The first-order valence-corrected chi connectivity index (χ1v) is 7.60. The van der Waals surface area contributed by atoms with Crippen molar-refractivity contribution >= 4 is 21.6 Å². The Hall–Kier alpha value is -1.37. The van der Waals surface area contributed by atoms with Gasteiger partial charge in [-0.25, -0.2) is 8.42 Å². The van der Waals surface area contributed by atoms with E-state index < -0.39 is 10.0 Å². The third-order valence-corrected chi connectivity index (χ3v) is 5.02. The van der Waals surface area contributed by atoms with Gasteiger partial charge in [0.25, 0.3) is 0 Å². The molecule has 7 heteroatoms. The van der Waals surface area contributed by atoms with Gasteiger partial charge in [-0.3, -0.25) is 5.10 Å². The predicted molar refractivity (Wildman–Crippen MR) is 73.3 cm³/mol. The van der Waals surface area contributed by atoms with Crippen molar-refractivity contribution < 1.29 is 8.42 Å². The maximum absolute atomic E-state index is 12.4. The molecule has 5 nitrogen and oxygen atoms in total. The van der Waals surface area contributed by atoms with Crippen molar-refractivity contribution in [1.29, 1.82) is 0 Å². The van der Waals surface area contributed by atoms with Gasteiger partial charge in [-0.15, -0.1) is 0 Å². The summed E-state index contributed by atoms with van der Waals surface area (Å²) >= 11 is 6.06. The Morgan fingerprint density at radius 1 is 1.37 bits per heavy atom. The highest BCUT2D eigenvalue weighted by Gasteiger charge is 2.24. The van der Waals surface area contributed by atoms with Crippen molar-refractivity contribution in [2.24, 2.45) is 0 Å². The minimum Gasteiger partial charge on any atom is -0.284 e. The molecule has 1 aromatic heterocycles. The maximum Gasteiger partial charge on any atom is 0.246 e. The summed E-state index contributed by atoms with van der Waals surface area (Å²) in [6, 6.07) is 7.21. The molecule has 0 aliphatic carbocycles. The SMILES string of the molecule is CCN(Cc1ccccc1Cl)S(=O)(=O)c1cn[nH]c1. The number of hydrogen-bond acceptors (Lipinski definition) is 3. The zero-order valence-corrected chi connectivity index (χ0v) is 11.9. The van der Waals surface area contributed by atoms with Crippen LogP contribution in [0.3, 0.4) is 0 Å². The van der Waals surface area contributed by atoms with Crippen LogP contribution in [0.1, 0.15) is 12.5 Å². The Morgan fingerprint density at radius 3 is 2.68 bits per heavy atom. The van der Waals surface area contributed by atoms with Gasteiger partial charge >= 0.3 is 0 Å². The van der Waals surface area contributed by atoms with Crippen LogP contribution >= 0.6 is 11.6 Å². The minimum atomic E-state index is -3.54. The average molecular weight is 300 g/mol. The fourth-order valence-corrected chi connectivity index (χ4v) is 3.24. The van der Waals surface area contributed by atoms with Crippen LogP contribution in [0, 0.1) is 0 Å². The molecule has 2 rings (SSSR count). The third kappa shape index (κ3) is 2.97. The van der Waals surface area contributed by atoms with Gasteiger partial charge in [0.2, 0.25) is 10.0 Å². The van der Waals surface area contributed by atoms with E-state index in [1.165, 1.54) is 16.7 Å². The number of aromatic nitrogens is 2. The van der Waals surface area contributed by atoms with Gasteiger partial charge in [0, 0.05) is 24.3 Å². The zero-order valence-electron chi connectivity index (χ0n) is 10.4. The molecule has 2 aromatic rings. The van der Waals surface area contributed by atoms with Gasteiger partial charge in [0.15, 0.2) is 0 Å². The van der Waals surface area contributed by atoms with Gasteiger partial charge in [0.1, 0.15) is 4.90 Å². The van der Waals surface area contributed by atoms with Gasteiger partial charge in [-0.1, -0.05) is 36.7 Å². The number of benzene rings is 1. The normalized spacial score (nSPS) is 11.9. The van der Waals surface area contributed by atoms with E-state index in [1.807, 2.05) is 18.2 Å². The largest absolute Gasteiger partial charge is 0.284 e. The molecule has 1 aromatic carbocycles. The van der Waals surface area contributed by atoms with Crippen molar-refractivity contribution in [1.82, 2.24) is 14.5 Å². The number of hydrogen-bond donors (Lipinski definition) is 1. The van der Waals surface area contributed by atoms with Crippen molar-refractivity contribution in [2.75, 3.05) is 6.54 Å². The van der Waals surface area contributed by atoms with Crippen LogP contribution < -0.4 is 0 Å². The summed E-state index contributed by atoms with van der Waals surface area (Å²) in [7, 11) is -3.54. The summed E-state index contributed by atoms with van der Waals surface area (Å²) in [5.74, 6) is 0. The molecule has 0 radical (unpaired) electrons. The van der Waals surface area contributed by atoms with Crippen LogP contribution in [0.2, 0.25) is 5.02 Å². The molecule has 0 bridgehead atoms. The Balaban J connectivity index is 2.29. The van der Waals surface area contributed by atoms with E-state index in [0.717, 1.165) is 5.56 Å². The number of aromatic amines is 1. The molecule has 19 heavy (non-hydrogen) atoms. The Kier molecular flexibility index (Phi) is 4.24. The van der Waals surface area contributed by atoms with E-state index >= 15 is 0 Å². The van der Waals surface area contributed by atoms with Crippen molar-refractivity contribution in [2.45, 2.75) is 18.4 Å². The van der Waals surface area contributed by atoms with E-state index in [-0.39, 0.29) is 11.4 Å². The molecule has 0 amide bonds. The lowest BCUT2D eigenvalue weighted by molar-refractivity contribution is 0.423. The molecular weight excluding hydrogens is 286 g/mol. The van der Waals surface area contributed by atoms with Gasteiger partial charge in [0.05, 0.1) is 6.20 Å². The first-order valence-electron chi connectivity index (χ1n) is 5.78. The molecule has 0 spiro atoms. The van der Waals surface area contributed by atoms with Gasteiger partial charge in [-0.05, 0) is 11.6 Å². The highest BCUT2D eigenvalue weighted by atomic mass is 35.5. The van der Waals surface area contributed by atoms with E-state index in [9.17, 15) is 8.42 Å². The average Bonchev–Trinajstić information content (AvgIpc) is 2.92. The molecule has 1 heterocycles. The summed E-state index contributed by atoms with van der Waals surface area (Å²) in [6.45, 7) is 2.39. The van der Waals surface area contributed by atoms with Crippen LogP contribution in [0.4, 0.5) is 0 Å². The Morgan fingerprint density at radius 2 is 2.11 bits per heavy atom. The molecule has 0 aliphatic heterocycles. The predicted octanol–water partition coefficient (Wildman–Crippen LogP) is 2.27. The molecular formula is C12H14ClN3O2S. The number of sulfonamides is 1. The van der Waals surface area contributed by atoms with E-state index in [4.69, 9.17) is 11.6 Å². The lowest BCUT2D eigenvalue weighted by atomic mass is 10.2. The minimum absolute atomic E-state index is 0.154. The van der Waals surface area contributed by atoms with Crippen molar-refractivity contribution in [3.8, 4) is 0 Å². The molecule has 0 aliphatic rings. The van der Waals surface area contributed by atoms with Crippen molar-refractivity contribution in [3.63, 3.8) is 0 Å². The Bertz CT molecular complexity index is 641. The fraction of sp³-hybridized carbons (Fsp3) is 0.250. The summed E-state index contributed by atoms with van der Waals surface area (Å²) in [6.07, 6.45) is 2.66. The number of rotatable bonds is 5. The Labute approximate surface area is 117 Å². The number of nitrogens with one attached hydrogen (secondary N) is 1. The topological polar surface area (TPSA) is 66.1 Å². The van der Waals surface area contributed by atoms with Gasteiger partial charge in [-0.2, -0.15) is 9.40 Å². The molecule has 1 N–H and O–H groups in total. The quantitative estimate of drug-likeness (QED) is 0.921. The lowest BCUT2D eigenvalue weighted by Crippen LogP contribution is -2.30. The monoisotopic (exact) mass is 299 g/mol. The van der Waals surface area contributed by atoms with E-state index in [1.54, 1.807) is 13.0 Å². The zero-order chi connectivity index (χ0) is 13.9. The van der Waals surface area contributed by atoms with E-state index in [2.05, 4.69) is 10.2 Å². The van der Waals surface area contributed by atoms with Crippen LogP contribution in [0.5, 0.6) is 0 Å². The standard InChI is InChI=1S/C12H14ClN3O2S/c1-2-16(9-10-5-3-4-6-12(10)13)19(17,18)11-7-14-15-8-11/h3-8H,2,9H2,1H3,(H,14,15). The lowest BCUT2D eigenvalue weighted by Gasteiger charge is -2.20. The number of H-pyrrole nitrogens is 1. The molecule has 0 unspecified atom stereocenters. The maximum atomic E-state index is 12.4. The van der Waals surface area contributed by atoms with E-state index in [0.29, 0.717) is 11.6 Å². The highest BCUT2D eigenvalue weighted by molar-refractivity contribution is 7.89. The molecule has 0 saturated carbocycles. The fourth-order valence-electron chi connectivity index (χ4n) is 1.71. The molecule has 102 valence electrons. The molecule has 0 atom stereocenters. The highest BCUT2D eigenvalue weighted by Crippen LogP contribution is 2.21. The van der Waals surface area contributed by atoms with Crippen LogP contribution in [-0.4, -0.2) is 29.5 Å². The second-order valence-corrected chi connectivity index (χ2v) is 6.30.